The second-order valence-electron chi connectivity index (χ2n) is 5.71. The Bertz CT molecular complexity index is 400. The van der Waals surface area contributed by atoms with Crippen molar-refractivity contribution in [1.29, 1.82) is 0 Å². The predicted octanol–water partition coefficient (Wildman–Crippen LogP) is 3.86. The second kappa shape index (κ2) is 5.75. The fourth-order valence-corrected chi connectivity index (χ4v) is 3.06. The third-order valence-corrected chi connectivity index (χ3v) is 4.20. The lowest BCUT2D eigenvalue weighted by molar-refractivity contribution is 0.0712. The van der Waals surface area contributed by atoms with Gasteiger partial charge in [-0.1, -0.05) is 31.9 Å². The average molecular weight is 248 g/mol. The average Bonchev–Trinajstić information content (AvgIpc) is 2.38. The molecule has 3 unspecified atom stereocenters. The van der Waals surface area contributed by atoms with Crippen LogP contribution in [0.5, 0.6) is 5.75 Å². The summed E-state index contributed by atoms with van der Waals surface area (Å²) in [7, 11) is 1.68. The molecule has 1 aliphatic rings. The molecule has 0 heterocycles. The van der Waals surface area contributed by atoms with Crippen LogP contribution in [0.4, 0.5) is 0 Å². The normalized spacial score (nSPS) is 25.8. The maximum absolute atomic E-state index is 10.5. The van der Waals surface area contributed by atoms with Crippen LogP contribution in [0, 0.1) is 18.8 Å². The number of rotatable bonds is 3. The zero-order valence-corrected chi connectivity index (χ0v) is 11.6. The third-order valence-electron chi connectivity index (χ3n) is 4.20. The largest absolute Gasteiger partial charge is 0.496 e. The molecule has 0 radical (unpaired) electrons. The van der Waals surface area contributed by atoms with Gasteiger partial charge in [-0.05, 0) is 48.8 Å². The van der Waals surface area contributed by atoms with E-state index in [1.807, 2.05) is 25.1 Å². The predicted molar refractivity (Wildman–Crippen MR) is 73.8 cm³/mol. The highest BCUT2D eigenvalue weighted by Crippen LogP contribution is 2.38. The van der Waals surface area contributed by atoms with Crippen molar-refractivity contribution in [1.82, 2.24) is 0 Å². The van der Waals surface area contributed by atoms with Crippen LogP contribution in [0.2, 0.25) is 0 Å². The van der Waals surface area contributed by atoms with Crippen molar-refractivity contribution < 1.29 is 9.84 Å². The van der Waals surface area contributed by atoms with Crippen LogP contribution in [0.1, 0.15) is 49.8 Å². The summed E-state index contributed by atoms with van der Waals surface area (Å²) in [6, 6.07) is 6.05. The van der Waals surface area contributed by atoms with E-state index in [0.717, 1.165) is 35.6 Å². The fraction of sp³-hybridized carbons (Fsp3) is 0.625. The molecule has 0 aromatic heterocycles. The van der Waals surface area contributed by atoms with Crippen LogP contribution in [0.15, 0.2) is 18.2 Å². The summed E-state index contributed by atoms with van der Waals surface area (Å²) >= 11 is 0. The van der Waals surface area contributed by atoms with E-state index in [1.54, 1.807) is 7.11 Å². The molecule has 1 aliphatic carbocycles. The number of methoxy groups -OCH3 is 1. The van der Waals surface area contributed by atoms with Gasteiger partial charge in [0.1, 0.15) is 5.75 Å². The lowest BCUT2D eigenvalue weighted by Gasteiger charge is -2.30. The Morgan fingerprint density at radius 2 is 2.11 bits per heavy atom. The molecule has 1 N–H and O–H groups in total. The van der Waals surface area contributed by atoms with Crippen molar-refractivity contribution in [2.75, 3.05) is 7.11 Å². The maximum atomic E-state index is 10.5. The molecule has 3 atom stereocenters. The quantitative estimate of drug-likeness (QED) is 0.880. The van der Waals surface area contributed by atoms with Crippen LogP contribution in [0.25, 0.3) is 0 Å². The van der Waals surface area contributed by atoms with Gasteiger partial charge in [0.15, 0.2) is 0 Å². The molecule has 0 saturated heterocycles. The first-order valence-electron chi connectivity index (χ1n) is 6.94. The lowest BCUT2D eigenvalue weighted by Crippen LogP contribution is -2.20. The van der Waals surface area contributed by atoms with Gasteiger partial charge in [-0.3, -0.25) is 0 Å². The van der Waals surface area contributed by atoms with E-state index >= 15 is 0 Å². The molecule has 100 valence electrons. The van der Waals surface area contributed by atoms with E-state index in [0.29, 0.717) is 5.92 Å². The standard InChI is InChI=1S/C16H24O2/c1-11-5-4-6-13(9-11)16(17)14-8-7-12(2)15(10-14)18-3/h7-8,10-11,13,16-17H,4-6,9H2,1-3H3. The fourth-order valence-electron chi connectivity index (χ4n) is 3.06. The molecule has 2 nitrogen and oxygen atoms in total. The topological polar surface area (TPSA) is 29.5 Å². The van der Waals surface area contributed by atoms with Crippen molar-refractivity contribution in [2.24, 2.45) is 11.8 Å². The van der Waals surface area contributed by atoms with Crippen molar-refractivity contribution >= 4 is 0 Å². The Morgan fingerprint density at radius 1 is 1.33 bits per heavy atom. The molecule has 2 rings (SSSR count). The van der Waals surface area contributed by atoms with Gasteiger partial charge in [-0.15, -0.1) is 0 Å². The molecular formula is C16H24O2. The molecule has 1 saturated carbocycles. The Labute approximate surface area is 110 Å². The molecule has 0 bridgehead atoms. The Morgan fingerprint density at radius 3 is 2.78 bits per heavy atom. The minimum atomic E-state index is -0.345. The Hall–Kier alpha value is -1.02. The van der Waals surface area contributed by atoms with Crippen molar-refractivity contribution in [3.8, 4) is 5.75 Å². The molecule has 0 spiro atoms. The van der Waals surface area contributed by atoms with Gasteiger partial charge in [-0.2, -0.15) is 0 Å². The summed E-state index contributed by atoms with van der Waals surface area (Å²) in [4.78, 5) is 0. The van der Waals surface area contributed by atoms with Gasteiger partial charge in [0.25, 0.3) is 0 Å². The highest BCUT2D eigenvalue weighted by atomic mass is 16.5. The summed E-state index contributed by atoms with van der Waals surface area (Å²) in [5.41, 5.74) is 2.11. The first-order chi connectivity index (χ1) is 8.61. The minimum absolute atomic E-state index is 0.345. The van der Waals surface area contributed by atoms with E-state index in [2.05, 4.69) is 6.92 Å². The molecule has 1 aromatic rings. The molecule has 18 heavy (non-hydrogen) atoms. The first kappa shape index (κ1) is 13.4. The van der Waals surface area contributed by atoms with E-state index in [9.17, 15) is 5.11 Å². The molecular weight excluding hydrogens is 224 g/mol. The van der Waals surface area contributed by atoms with Gasteiger partial charge in [0.05, 0.1) is 13.2 Å². The van der Waals surface area contributed by atoms with Gasteiger partial charge < -0.3 is 9.84 Å². The maximum Gasteiger partial charge on any atom is 0.122 e. The molecule has 0 aliphatic heterocycles. The molecule has 1 aromatic carbocycles. The van der Waals surface area contributed by atoms with E-state index in [1.165, 1.54) is 12.8 Å². The molecule has 0 amide bonds. The van der Waals surface area contributed by atoms with Crippen LogP contribution in [-0.2, 0) is 0 Å². The number of aryl methyl sites for hydroxylation is 1. The summed E-state index contributed by atoms with van der Waals surface area (Å²) < 4.78 is 5.33. The zero-order valence-electron chi connectivity index (χ0n) is 11.6. The van der Waals surface area contributed by atoms with Crippen molar-refractivity contribution in [2.45, 2.75) is 45.6 Å². The van der Waals surface area contributed by atoms with E-state index < -0.39 is 0 Å². The number of benzene rings is 1. The summed E-state index contributed by atoms with van der Waals surface area (Å²) in [5, 5.41) is 10.5. The monoisotopic (exact) mass is 248 g/mol. The van der Waals surface area contributed by atoms with Crippen LogP contribution < -0.4 is 4.74 Å². The SMILES string of the molecule is COc1cc(C(O)C2CCCC(C)C2)ccc1C. The first-order valence-corrected chi connectivity index (χ1v) is 6.94. The number of aliphatic hydroxyl groups is 1. The number of ether oxygens (including phenoxy) is 1. The van der Waals surface area contributed by atoms with Crippen molar-refractivity contribution in [3.05, 3.63) is 29.3 Å². The van der Waals surface area contributed by atoms with Crippen LogP contribution in [0.3, 0.4) is 0 Å². The summed E-state index contributed by atoms with van der Waals surface area (Å²) in [6.07, 6.45) is 4.48. The summed E-state index contributed by atoms with van der Waals surface area (Å²) in [6.45, 7) is 4.31. The number of hydrogen-bond acceptors (Lipinski definition) is 2. The van der Waals surface area contributed by atoms with Gasteiger partial charge in [0.2, 0.25) is 0 Å². The van der Waals surface area contributed by atoms with E-state index in [-0.39, 0.29) is 6.10 Å². The smallest absolute Gasteiger partial charge is 0.122 e. The van der Waals surface area contributed by atoms with Gasteiger partial charge >= 0.3 is 0 Å². The van der Waals surface area contributed by atoms with Gasteiger partial charge in [-0.25, -0.2) is 0 Å². The highest BCUT2D eigenvalue weighted by molar-refractivity contribution is 5.37. The second-order valence-corrected chi connectivity index (χ2v) is 5.71. The highest BCUT2D eigenvalue weighted by Gasteiger charge is 2.26. The Kier molecular flexibility index (Phi) is 4.28. The zero-order chi connectivity index (χ0) is 13.1. The lowest BCUT2D eigenvalue weighted by atomic mass is 9.78. The molecule has 2 heteroatoms. The van der Waals surface area contributed by atoms with Crippen molar-refractivity contribution in [3.63, 3.8) is 0 Å². The number of aliphatic hydroxyl groups excluding tert-OH is 1. The molecule has 1 fully saturated rings. The Balaban J connectivity index is 2.14. The minimum Gasteiger partial charge on any atom is -0.496 e. The van der Waals surface area contributed by atoms with Crippen LogP contribution >= 0.6 is 0 Å². The van der Waals surface area contributed by atoms with E-state index in [4.69, 9.17) is 4.74 Å². The third kappa shape index (κ3) is 2.86. The van der Waals surface area contributed by atoms with Crippen LogP contribution in [-0.4, -0.2) is 12.2 Å². The number of hydrogen-bond donors (Lipinski definition) is 1. The summed E-state index contributed by atoms with van der Waals surface area (Å²) in [5.74, 6) is 2.02. The van der Waals surface area contributed by atoms with Gasteiger partial charge in [0, 0.05) is 0 Å².